The van der Waals surface area contributed by atoms with Crippen molar-refractivity contribution in [2.45, 2.75) is 44.7 Å². The summed E-state index contributed by atoms with van der Waals surface area (Å²) in [5.74, 6) is 0.197. The van der Waals surface area contributed by atoms with Crippen LogP contribution in [0.1, 0.15) is 42.4 Å². The molecule has 0 saturated carbocycles. The summed E-state index contributed by atoms with van der Waals surface area (Å²) in [7, 11) is -3.71. The molecular weight excluding hydrogens is 462 g/mol. The van der Waals surface area contributed by atoms with Crippen LogP contribution in [0.5, 0.6) is 0 Å². The molecule has 0 radical (unpaired) electrons. The van der Waals surface area contributed by atoms with E-state index in [4.69, 9.17) is 0 Å². The quantitative estimate of drug-likeness (QED) is 0.563. The summed E-state index contributed by atoms with van der Waals surface area (Å²) in [6, 6.07) is 18.2. The zero-order valence-corrected chi connectivity index (χ0v) is 21.5. The number of carbonyl (C=O) groups excluding carboxylic acids is 1. The van der Waals surface area contributed by atoms with Crippen LogP contribution in [0.3, 0.4) is 0 Å². The van der Waals surface area contributed by atoms with Crippen LogP contribution in [0.15, 0.2) is 65.6 Å². The number of carbonyl (C=O) groups is 1. The Kier molecular flexibility index (Phi) is 7.12. The Bertz CT molecular complexity index is 1290. The first kappa shape index (κ1) is 25.1. The van der Waals surface area contributed by atoms with Crippen molar-refractivity contribution < 1.29 is 13.2 Å². The molecule has 1 aromatic heterocycles. The highest BCUT2D eigenvalue weighted by atomic mass is 32.2. The zero-order valence-electron chi connectivity index (χ0n) is 20.7. The lowest BCUT2D eigenvalue weighted by Gasteiger charge is -2.34. The number of benzene rings is 2. The topological polar surface area (TPSA) is 87.5 Å². The van der Waals surface area contributed by atoms with Crippen LogP contribution >= 0.6 is 0 Å². The Morgan fingerprint density at radius 2 is 1.66 bits per heavy atom. The smallest absolute Gasteiger partial charge is 0.256 e. The highest BCUT2D eigenvalue weighted by Gasteiger charge is 2.29. The van der Waals surface area contributed by atoms with Crippen molar-refractivity contribution in [2.75, 3.05) is 31.5 Å². The lowest BCUT2D eigenvalue weighted by Crippen LogP contribution is -2.48. The van der Waals surface area contributed by atoms with Gasteiger partial charge in [0.05, 0.1) is 16.1 Å². The van der Waals surface area contributed by atoms with E-state index in [1.165, 1.54) is 15.9 Å². The van der Waals surface area contributed by atoms with Crippen LogP contribution in [-0.4, -0.2) is 59.5 Å². The van der Waals surface area contributed by atoms with E-state index in [2.05, 4.69) is 27.4 Å². The molecule has 1 aliphatic heterocycles. The molecule has 186 valence electrons. The van der Waals surface area contributed by atoms with Gasteiger partial charge in [0.25, 0.3) is 5.91 Å². The molecule has 8 nitrogen and oxygen atoms in total. The second-order valence-corrected chi connectivity index (χ2v) is 11.8. The maximum absolute atomic E-state index is 13.3. The molecule has 35 heavy (non-hydrogen) atoms. The average Bonchev–Trinajstić information content (AvgIpc) is 3.20. The highest BCUT2D eigenvalue weighted by molar-refractivity contribution is 7.89. The Hall–Kier alpha value is -3.01. The Morgan fingerprint density at radius 1 is 0.971 bits per heavy atom. The molecule has 1 fully saturated rings. The monoisotopic (exact) mass is 495 g/mol. The fraction of sp³-hybridized carbons (Fsp3) is 0.385. The highest BCUT2D eigenvalue weighted by Crippen LogP contribution is 2.23. The van der Waals surface area contributed by atoms with Gasteiger partial charge in [-0.05, 0) is 51.5 Å². The molecule has 1 aliphatic rings. The Morgan fingerprint density at radius 3 is 2.31 bits per heavy atom. The van der Waals surface area contributed by atoms with E-state index < -0.39 is 10.0 Å². The lowest BCUT2D eigenvalue weighted by molar-refractivity contribution is 0.102. The molecule has 1 amide bonds. The number of aryl methyl sites for hydroxylation is 1. The molecule has 2 aromatic carbocycles. The largest absolute Gasteiger partial charge is 0.307 e. The van der Waals surface area contributed by atoms with Crippen LogP contribution in [0.25, 0.3) is 0 Å². The molecule has 0 aliphatic carbocycles. The lowest BCUT2D eigenvalue weighted by atomic mass is 10.1. The van der Waals surface area contributed by atoms with E-state index in [-0.39, 0.29) is 21.9 Å². The molecule has 1 saturated heterocycles. The van der Waals surface area contributed by atoms with Gasteiger partial charge in [-0.3, -0.25) is 9.69 Å². The van der Waals surface area contributed by atoms with Crippen LogP contribution in [0.4, 0.5) is 5.82 Å². The van der Waals surface area contributed by atoms with Crippen LogP contribution < -0.4 is 5.32 Å². The first-order chi connectivity index (χ1) is 16.5. The second kappa shape index (κ2) is 9.93. The fourth-order valence-electron chi connectivity index (χ4n) is 4.20. The first-order valence-corrected chi connectivity index (χ1v) is 13.2. The number of hydrogen-bond donors (Lipinski definition) is 1. The number of nitrogens with zero attached hydrogens (tertiary/aromatic N) is 4. The summed E-state index contributed by atoms with van der Waals surface area (Å²) in [4.78, 5) is 15.4. The number of piperazine rings is 1. The number of anilines is 1. The van der Waals surface area contributed by atoms with E-state index in [0.717, 1.165) is 12.2 Å². The summed E-state index contributed by atoms with van der Waals surface area (Å²) in [5.41, 5.74) is 1.97. The number of rotatable bonds is 6. The predicted octanol–water partition coefficient (Wildman–Crippen LogP) is 3.71. The molecule has 3 aromatic rings. The third-order valence-corrected chi connectivity index (χ3v) is 7.92. The van der Waals surface area contributed by atoms with E-state index >= 15 is 0 Å². The van der Waals surface area contributed by atoms with E-state index in [1.54, 1.807) is 28.9 Å². The van der Waals surface area contributed by atoms with Crippen LogP contribution in [-0.2, 0) is 22.1 Å². The first-order valence-electron chi connectivity index (χ1n) is 11.8. The van der Waals surface area contributed by atoms with Gasteiger partial charge in [0, 0.05) is 44.4 Å². The summed E-state index contributed by atoms with van der Waals surface area (Å²) in [5, 5.41) is 7.36. The maximum atomic E-state index is 13.3. The molecule has 0 bridgehead atoms. The minimum Gasteiger partial charge on any atom is -0.307 e. The number of hydrogen-bond acceptors (Lipinski definition) is 5. The van der Waals surface area contributed by atoms with Gasteiger partial charge in [0.2, 0.25) is 10.0 Å². The molecular formula is C26H33N5O3S. The van der Waals surface area contributed by atoms with Gasteiger partial charge in [0.1, 0.15) is 5.82 Å². The number of amides is 1. The van der Waals surface area contributed by atoms with Crippen molar-refractivity contribution in [3.05, 3.63) is 77.5 Å². The molecule has 4 rings (SSSR count). The maximum Gasteiger partial charge on any atom is 0.256 e. The third kappa shape index (κ3) is 5.80. The minimum atomic E-state index is -3.71. The van der Waals surface area contributed by atoms with Gasteiger partial charge < -0.3 is 5.32 Å². The van der Waals surface area contributed by atoms with E-state index in [0.29, 0.717) is 32.0 Å². The van der Waals surface area contributed by atoms with Gasteiger partial charge in [-0.1, -0.05) is 36.4 Å². The number of aromatic nitrogens is 2. The summed E-state index contributed by atoms with van der Waals surface area (Å²) < 4.78 is 29.9. The van der Waals surface area contributed by atoms with Gasteiger partial charge in [-0.2, -0.15) is 9.40 Å². The summed E-state index contributed by atoms with van der Waals surface area (Å²) >= 11 is 0. The Balaban J connectivity index is 1.45. The van der Waals surface area contributed by atoms with Crippen molar-refractivity contribution in [3.63, 3.8) is 0 Å². The normalized spacial score (nSPS) is 15.8. The molecule has 0 unspecified atom stereocenters. The molecule has 1 N–H and O–H groups in total. The van der Waals surface area contributed by atoms with Crippen LogP contribution in [0, 0.1) is 6.92 Å². The van der Waals surface area contributed by atoms with Gasteiger partial charge >= 0.3 is 0 Å². The zero-order chi connectivity index (χ0) is 25.2. The van der Waals surface area contributed by atoms with Crippen LogP contribution in [0.2, 0.25) is 0 Å². The van der Waals surface area contributed by atoms with Crippen molar-refractivity contribution in [1.82, 2.24) is 19.0 Å². The standard InChI is InChI=1S/C26H33N5O3S/c1-20-17-24(31(28-20)26(2,3)4)27-25(32)22-11-8-12-23(18-22)35(33,34)30-15-13-29(14-16-30)19-21-9-6-5-7-10-21/h5-12,17-18H,13-16,19H2,1-4H3,(H,27,32). The van der Waals surface area contributed by atoms with Crippen molar-refractivity contribution in [3.8, 4) is 0 Å². The average molecular weight is 496 g/mol. The van der Waals surface area contributed by atoms with Crippen molar-refractivity contribution in [1.29, 1.82) is 0 Å². The Labute approximate surface area is 207 Å². The van der Waals surface area contributed by atoms with Gasteiger partial charge in [0.15, 0.2) is 0 Å². The predicted molar refractivity (Wildman–Crippen MR) is 137 cm³/mol. The summed E-state index contributed by atoms with van der Waals surface area (Å²) in [6.07, 6.45) is 0. The second-order valence-electron chi connectivity index (χ2n) is 9.90. The molecule has 0 spiro atoms. The van der Waals surface area contributed by atoms with Crippen molar-refractivity contribution in [2.24, 2.45) is 0 Å². The van der Waals surface area contributed by atoms with Gasteiger partial charge in [-0.15, -0.1) is 0 Å². The molecule has 9 heteroatoms. The van der Waals surface area contributed by atoms with Gasteiger partial charge in [-0.25, -0.2) is 13.1 Å². The minimum absolute atomic E-state index is 0.127. The number of nitrogens with one attached hydrogen (secondary N) is 1. The van der Waals surface area contributed by atoms with E-state index in [1.807, 2.05) is 45.9 Å². The third-order valence-electron chi connectivity index (χ3n) is 6.02. The summed E-state index contributed by atoms with van der Waals surface area (Å²) in [6.45, 7) is 10.8. The van der Waals surface area contributed by atoms with Crippen molar-refractivity contribution >= 4 is 21.7 Å². The molecule has 2 heterocycles. The number of sulfonamides is 1. The fourth-order valence-corrected chi connectivity index (χ4v) is 5.67. The van der Waals surface area contributed by atoms with E-state index in [9.17, 15) is 13.2 Å². The molecule has 0 atom stereocenters. The SMILES string of the molecule is Cc1cc(NC(=O)c2cccc(S(=O)(=O)N3CCN(Cc4ccccc4)CC3)c2)n(C(C)(C)C)n1.